The lowest BCUT2D eigenvalue weighted by atomic mass is 9.96. The molecule has 1 heterocycles. The van der Waals surface area contributed by atoms with Gasteiger partial charge in [0.15, 0.2) is 0 Å². The lowest BCUT2D eigenvalue weighted by molar-refractivity contribution is -0.145. The SMILES string of the molecule is NCCCCCC(=O)N1CC(CC(=O)O)C1. The number of amides is 1. The number of hydrogen-bond donors (Lipinski definition) is 2. The molecule has 1 saturated heterocycles. The average molecular weight is 228 g/mol. The Morgan fingerprint density at radius 2 is 1.94 bits per heavy atom. The molecule has 0 radical (unpaired) electrons. The number of rotatable bonds is 7. The molecular formula is C11H20N2O3. The molecule has 0 aromatic rings. The molecule has 16 heavy (non-hydrogen) atoms. The van der Waals surface area contributed by atoms with Crippen molar-refractivity contribution in [1.82, 2.24) is 4.90 Å². The van der Waals surface area contributed by atoms with Gasteiger partial charge in [-0.3, -0.25) is 9.59 Å². The molecule has 1 aliphatic rings. The van der Waals surface area contributed by atoms with E-state index in [1.165, 1.54) is 0 Å². The highest BCUT2D eigenvalue weighted by molar-refractivity contribution is 5.77. The van der Waals surface area contributed by atoms with Crippen LogP contribution in [0.2, 0.25) is 0 Å². The molecule has 1 rings (SSSR count). The third kappa shape index (κ3) is 4.18. The third-order valence-corrected chi connectivity index (χ3v) is 2.87. The summed E-state index contributed by atoms with van der Waals surface area (Å²) in [7, 11) is 0. The Balaban J connectivity index is 2.05. The van der Waals surface area contributed by atoms with Crippen molar-refractivity contribution in [2.45, 2.75) is 32.1 Å². The minimum Gasteiger partial charge on any atom is -0.481 e. The van der Waals surface area contributed by atoms with Crippen molar-refractivity contribution < 1.29 is 14.7 Å². The lowest BCUT2D eigenvalue weighted by Gasteiger charge is -2.38. The highest BCUT2D eigenvalue weighted by Gasteiger charge is 2.31. The van der Waals surface area contributed by atoms with E-state index in [-0.39, 0.29) is 18.2 Å². The first-order valence-corrected chi connectivity index (χ1v) is 5.83. The largest absolute Gasteiger partial charge is 0.481 e. The summed E-state index contributed by atoms with van der Waals surface area (Å²) in [5.41, 5.74) is 5.36. The van der Waals surface area contributed by atoms with Gasteiger partial charge in [-0.1, -0.05) is 6.42 Å². The van der Waals surface area contributed by atoms with Gasteiger partial charge in [0.25, 0.3) is 0 Å². The molecule has 0 aromatic heterocycles. The number of carbonyl (C=O) groups excluding carboxylic acids is 1. The van der Waals surface area contributed by atoms with Crippen molar-refractivity contribution in [3.8, 4) is 0 Å². The summed E-state index contributed by atoms with van der Waals surface area (Å²) in [6, 6.07) is 0. The number of aliphatic carboxylic acids is 1. The van der Waals surface area contributed by atoms with Crippen LogP contribution in [0.1, 0.15) is 32.1 Å². The van der Waals surface area contributed by atoms with Gasteiger partial charge >= 0.3 is 5.97 Å². The second kappa shape index (κ2) is 6.48. The molecule has 0 aliphatic carbocycles. The standard InChI is InChI=1S/C11H20N2O3/c12-5-3-1-2-4-10(14)13-7-9(8-13)6-11(15)16/h9H,1-8,12H2,(H,15,16). The van der Waals surface area contributed by atoms with E-state index >= 15 is 0 Å². The fourth-order valence-corrected chi connectivity index (χ4v) is 1.91. The molecule has 0 unspecified atom stereocenters. The number of hydrogen-bond acceptors (Lipinski definition) is 3. The summed E-state index contributed by atoms with van der Waals surface area (Å²) in [4.78, 5) is 23.7. The normalized spacial score (nSPS) is 15.9. The summed E-state index contributed by atoms with van der Waals surface area (Å²) in [5, 5.41) is 8.56. The molecule has 1 fully saturated rings. The Hall–Kier alpha value is -1.10. The molecule has 5 heteroatoms. The van der Waals surface area contributed by atoms with Crippen molar-refractivity contribution in [3.63, 3.8) is 0 Å². The predicted molar refractivity (Wildman–Crippen MR) is 59.8 cm³/mol. The Kier molecular flexibility index (Phi) is 5.25. The number of nitrogens with two attached hydrogens (primary N) is 1. The Labute approximate surface area is 95.6 Å². The van der Waals surface area contributed by atoms with Gasteiger partial charge in [-0.25, -0.2) is 0 Å². The number of likely N-dealkylation sites (tertiary alicyclic amines) is 1. The summed E-state index contributed by atoms with van der Waals surface area (Å²) in [5.74, 6) is -0.468. The smallest absolute Gasteiger partial charge is 0.303 e. The minimum absolute atomic E-state index is 0.152. The molecule has 0 spiro atoms. The fourth-order valence-electron chi connectivity index (χ4n) is 1.91. The van der Waals surface area contributed by atoms with E-state index in [2.05, 4.69) is 0 Å². The number of unbranched alkanes of at least 4 members (excludes halogenated alkanes) is 2. The van der Waals surface area contributed by atoms with Crippen LogP contribution < -0.4 is 5.73 Å². The summed E-state index contributed by atoms with van der Waals surface area (Å²) >= 11 is 0. The van der Waals surface area contributed by atoms with Crippen LogP contribution in [0.3, 0.4) is 0 Å². The van der Waals surface area contributed by atoms with Crippen LogP contribution in [0, 0.1) is 5.92 Å². The first-order valence-electron chi connectivity index (χ1n) is 5.83. The van der Waals surface area contributed by atoms with Crippen LogP contribution in [0.15, 0.2) is 0 Å². The molecule has 0 aromatic carbocycles. The average Bonchev–Trinajstić information content (AvgIpc) is 2.17. The fraction of sp³-hybridized carbons (Fsp3) is 0.818. The van der Waals surface area contributed by atoms with Crippen LogP contribution in [-0.2, 0) is 9.59 Å². The predicted octanol–water partition coefficient (Wildman–Crippen LogP) is 0.439. The van der Waals surface area contributed by atoms with Gasteiger partial charge in [-0.15, -0.1) is 0 Å². The Bertz CT molecular complexity index is 250. The topological polar surface area (TPSA) is 83.6 Å². The van der Waals surface area contributed by atoms with Gasteiger partial charge in [-0.05, 0) is 19.4 Å². The van der Waals surface area contributed by atoms with Gasteiger partial charge in [0.05, 0.1) is 6.42 Å². The quantitative estimate of drug-likeness (QED) is 0.619. The van der Waals surface area contributed by atoms with Crippen molar-refractivity contribution in [3.05, 3.63) is 0 Å². The number of carboxylic acids is 1. The molecule has 0 atom stereocenters. The second-order valence-corrected chi connectivity index (χ2v) is 4.36. The summed E-state index contributed by atoms with van der Waals surface area (Å²) in [6.07, 6.45) is 3.59. The molecular weight excluding hydrogens is 208 g/mol. The van der Waals surface area contributed by atoms with Gasteiger partial charge in [0, 0.05) is 25.4 Å². The monoisotopic (exact) mass is 228 g/mol. The Morgan fingerprint density at radius 1 is 1.25 bits per heavy atom. The first kappa shape index (κ1) is 13.0. The highest BCUT2D eigenvalue weighted by Crippen LogP contribution is 2.20. The maximum atomic E-state index is 11.6. The van der Waals surface area contributed by atoms with E-state index in [0.717, 1.165) is 19.3 Å². The minimum atomic E-state index is -0.778. The van der Waals surface area contributed by atoms with Crippen LogP contribution >= 0.6 is 0 Å². The highest BCUT2D eigenvalue weighted by atomic mass is 16.4. The van der Waals surface area contributed by atoms with Gasteiger partial charge in [0.1, 0.15) is 0 Å². The summed E-state index contributed by atoms with van der Waals surface area (Å²) < 4.78 is 0. The molecule has 1 amide bonds. The second-order valence-electron chi connectivity index (χ2n) is 4.36. The number of carbonyl (C=O) groups is 2. The van der Waals surface area contributed by atoms with Crippen LogP contribution in [-0.4, -0.2) is 41.5 Å². The molecule has 1 aliphatic heterocycles. The third-order valence-electron chi connectivity index (χ3n) is 2.87. The van der Waals surface area contributed by atoms with Gasteiger partial charge in [0.2, 0.25) is 5.91 Å². The van der Waals surface area contributed by atoms with Gasteiger partial charge < -0.3 is 15.7 Å². The molecule has 0 bridgehead atoms. The van der Waals surface area contributed by atoms with Crippen molar-refractivity contribution in [2.24, 2.45) is 11.7 Å². The van der Waals surface area contributed by atoms with E-state index in [1.807, 2.05) is 0 Å². The van der Waals surface area contributed by atoms with E-state index in [0.29, 0.717) is 26.1 Å². The van der Waals surface area contributed by atoms with E-state index in [1.54, 1.807) is 4.90 Å². The molecule has 3 N–H and O–H groups in total. The first-order chi connectivity index (χ1) is 7.63. The van der Waals surface area contributed by atoms with Crippen molar-refractivity contribution in [2.75, 3.05) is 19.6 Å². The maximum absolute atomic E-state index is 11.6. The van der Waals surface area contributed by atoms with E-state index < -0.39 is 5.97 Å². The molecule has 0 saturated carbocycles. The van der Waals surface area contributed by atoms with Crippen LogP contribution in [0.5, 0.6) is 0 Å². The zero-order valence-electron chi connectivity index (χ0n) is 9.52. The zero-order valence-corrected chi connectivity index (χ0v) is 9.52. The molecule has 5 nitrogen and oxygen atoms in total. The Morgan fingerprint density at radius 3 is 2.50 bits per heavy atom. The van der Waals surface area contributed by atoms with Crippen LogP contribution in [0.4, 0.5) is 0 Å². The van der Waals surface area contributed by atoms with E-state index in [4.69, 9.17) is 10.8 Å². The maximum Gasteiger partial charge on any atom is 0.303 e. The number of nitrogens with zero attached hydrogens (tertiary/aromatic N) is 1. The summed E-state index contributed by atoms with van der Waals surface area (Å²) in [6.45, 7) is 1.91. The zero-order chi connectivity index (χ0) is 12.0. The molecule has 92 valence electrons. The van der Waals surface area contributed by atoms with Crippen molar-refractivity contribution >= 4 is 11.9 Å². The lowest BCUT2D eigenvalue weighted by Crippen LogP contribution is -2.50. The van der Waals surface area contributed by atoms with Crippen LogP contribution in [0.25, 0.3) is 0 Å². The van der Waals surface area contributed by atoms with Crippen molar-refractivity contribution in [1.29, 1.82) is 0 Å². The van der Waals surface area contributed by atoms with Gasteiger partial charge in [-0.2, -0.15) is 0 Å². The van der Waals surface area contributed by atoms with E-state index in [9.17, 15) is 9.59 Å². The number of carboxylic acid groups (broad SMARTS) is 1.